The van der Waals surface area contributed by atoms with Crippen molar-refractivity contribution >= 4 is 0 Å². The van der Waals surface area contributed by atoms with Gasteiger partial charge in [0.05, 0.1) is 24.4 Å². The summed E-state index contributed by atoms with van der Waals surface area (Å²) in [7, 11) is 0. The molecule has 0 radical (unpaired) electrons. The largest absolute Gasteiger partial charge is 0.374 e. The second-order valence-electron chi connectivity index (χ2n) is 6.30. The van der Waals surface area contributed by atoms with Crippen LogP contribution in [0.4, 0.5) is 0 Å². The van der Waals surface area contributed by atoms with Gasteiger partial charge in [0.2, 0.25) is 0 Å². The van der Waals surface area contributed by atoms with Crippen LogP contribution in [0, 0.1) is 13.8 Å². The van der Waals surface area contributed by atoms with Gasteiger partial charge in [-0.25, -0.2) is 0 Å². The van der Waals surface area contributed by atoms with Gasteiger partial charge in [0.15, 0.2) is 0 Å². The first-order valence-electron chi connectivity index (χ1n) is 7.57. The SMILES string of the molecule is Cc1noc(C)c1CN1CCO[C@@H]2CN(C(C)C)C[C@@H]21. The summed E-state index contributed by atoms with van der Waals surface area (Å²) in [5.74, 6) is 0.948. The number of aryl methyl sites for hydroxylation is 2. The number of hydrogen-bond acceptors (Lipinski definition) is 5. The van der Waals surface area contributed by atoms with Gasteiger partial charge in [-0.3, -0.25) is 9.80 Å². The third-order valence-corrected chi connectivity index (χ3v) is 4.72. The van der Waals surface area contributed by atoms with Crippen molar-refractivity contribution in [2.45, 2.75) is 52.4 Å². The molecule has 0 amide bonds. The number of nitrogens with zero attached hydrogens (tertiary/aromatic N) is 3. The van der Waals surface area contributed by atoms with Crippen molar-refractivity contribution in [2.75, 3.05) is 26.2 Å². The van der Waals surface area contributed by atoms with E-state index in [-0.39, 0.29) is 0 Å². The van der Waals surface area contributed by atoms with Crippen molar-refractivity contribution in [3.05, 3.63) is 17.0 Å². The van der Waals surface area contributed by atoms with Crippen molar-refractivity contribution in [2.24, 2.45) is 0 Å². The van der Waals surface area contributed by atoms with E-state index in [2.05, 4.69) is 28.8 Å². The van der Waals surface area contributed by atoms with Crippen LogP contribution in [-0.2, 0) is 11.3 Å². The summed E-state index contributed by atoms with van der Waals surface area (Å²) < 4.78 is 11.3. The molecule has 0 aromatic carbocycles. The Bertz CT molecular complexity index is 452. The zero-order valence-electron chi connectivity index (χ0n) is 12.9. The first-order chi connectivity index (χ1) is 9.56. The molecule has 1 aromatic heterocycles. The predicted octanol–water partition coefficient (Wildman–Crippen LogP) is 1.58. The molecule has 2 saturated heterocycles. The molecular formula is C15H25N3O2. The molecule has 3 rings (SSSR count). The second kappa shape index (κ2) is 5.47. The molecule has 2 aliphatic rings. The van der Waals surface area contributed by atoms with E-state index in [1.807, 2.05) is 13.8 Å². The average molecular weight is 279 g/mol. The first-order valence-corrected chi connectivity index (χ1v) is 7.57. The fourth-order valence-corrected chi connectivity index (χ4v) is 3.34. The molecule has 2 atom stereocenters. The maximum atomic E-state index is 5.97. The van der Waals surface area contributed by atoms with Crippen molar-refractivity contribution in [1.82, 2.24) is 15.0 Å². The quantitative estimate of drug-likeness (QED) is 0.840. The smallest absolute Gasteiger partial charge is 0.138 e. The van der Waals surface area contributed by atoms with Gasteiger partial charge in [-0.05, 0) is 27.7 Å². The minimum atomic E-state index is 0.353. The van der Waals surface area contributed by atoms with Crippen molar-refractivity contribution < 1.29 is 9.26 Å². The molecule has 2 aliphatic heterocycles. The van der Waals surface area contributed by atoms with Gasteiger partial charge in [0, 0.05) is 37.8 Å². The number of likely N-dealkylation sites (tertiary alicyclic amines) is 1. The fourth-order valence-electron chi connectivity index (χ4n) is 3.34. The third-order valence-electron chi connectivity index (χ3n) is 4.72. The Hall–Kier alpha value is -0.910. The number of rotatable bonds is 3. The third kappa shape index (κ3) is 2.50. The predicted molar refractivity (Wildman–Crippen MR) is 76.6 cm³/mol. The molecule has 20 heavy (non-hydrogen) atoms. The highest BCUT2D eigenvalue weighted by molar-refractivity contribution is 5.21. The van der Waals surface area contributed by atoms with Crippen LogP contribution in [0.25, 0.3) is 0 Å². The van der Waals surface area contributed by atoms with Gasteiger partial charge >= 0.3 is 0 Å². The summed E-state index contributed by atoms with van der Waals surface area (Å²) in [5.41, 5.74) is 2.26. The van der Waals surface area contributed by atoms with Gasteiger partial charge in [0.25, 0.3) is 0 Å². The van der Waals surface area contributed by atoms with Crippen molar-refractivity contribution in [1.29, 1.82) is 0 Å². The number of aromatic nitrogens is 1. The van der Waals surface area contributed by atoms with Crippen LogP contribution in [0.3, 0.4) is 0 Å². The summed E-state index contributed by atoms with van der Waals surface area (Å²) in [4.78, 5) is 5.06. The lowest BCUT2D eigenvalue weighted by Gasteiger charge is -2.36. The van der Waals surface area contributed by atoms with E-state index >= 15 is 0 Å². The van der Waals surface area contributed by atoms with Gasteiger partial charge in [-0.2, -0.15) is 0 Å². The summed E-state index contributed by atoms with van der Waals surface area (Å²) in [5, 5.41) is 4.07. The zero-order chi connectivity index (χ0) is 14.3. The minimum Gasteiger partial charge on any atom is -0.374 e. The molecule has 5 heteroatoms. The standard InChI is InChI=1S/C15H25N3O2/c1-10(2)18-8-14-15(9-18)19-6-5-17(14)7-13-11(3)16-20-12(13)4/h10,14-15H,5-9H2,1-4H3/t14-,15+/m0/s1. The Kier molecular flexibility index (Phi) is 3.84. The Morgan fingerprint density at radius 1 is 1.30 bits per heavy atom. The summed E-state index contributed by atoms with van der Waals surface area (Å²) in [6, 6.07) is 1.09. The van der Waals surface area contributed by atoms with Gasteiger partial charge in [0.1, 0.15) is 5.76 Å². The van der Waals surface area contributed by atoms with Gasteiger partial charge in [-0.1, -0.05) is 5.16 Å². The van der Waals surface area contributed by atoms with Gasteiger partial charge in [-0.15, -0.1) is 0 Å². The molecule has 5 nitrogen and oxygen atoms in total. The zero-order valence-corrected chi connectivity index (χ0v) is 12.9. The maximum absolute atomic E-state index is 5.97. The van der Waals surface area contributed by atoms with E-state index in [1.54, 1.807) is 0 Å². The molecule has 0 aliphatic carbocycles. The second-order valence-corrected chi connectivity index (χ2v) is 6.30. The summed E-state index contributed by atoms with van der Waals surface area (Å²) in [6.45, 7) is 13.5. The molecule has 0 spiro atoms. The van der Waals surface area contributed by atoms with E-state index in [1.165, 1.54) is 5.56 Å². The van der Waals surface area contributed by atoms with Crippen LogP contribution in [0.1, 0.15) is 30.9 Å². The molecular weight excluding hydrogens is 254 g/mol. The highest BCUT2D eigenvalue weighted by atomic mass is 16.5. The number of hydrogen-bond donors (Lipinski definition) is 0. The highest BCUT2D eigenvalue weighted by Gasteiger charge is 2.40. The van der Waals surface area contributed by atoms with Crippen LogP contribution in [0.2, 0.25) is 0 Å². The Balaban J connectivity index is 1.73. The molecule has 0 N–H and O–H groups in total. The van der Waals surface area contributed by atoms with E-state index in [9.17, 15) is 0 Å². The van der Waals surface area contributed by atoms with Crippen molar-refractivity contribution in [3.63, 3.8) is 0 Å². The van der Waals surface area contributed by atoms with E-state index in [4.69, 9.17) is 9.26 Å². The van der Waals surface area contributed by atoms with Crippen LogP contribution >= 0.6 is 0 Å². The number of morpholine rings is 1. The summed E-state index contributed by atoms with van der Waals surface area (Å²) in [6.07, 6.45) is 0.353. The first kappa shape index (κ1) is 14.0. The molecule has 0 unspecified atom stereocenters. The fraction of sp³-hybridized carbons (Fsp3) is 0.800. The molecule has 3 heterocycles. The van der Waals surface area contributed by atoms with Crippen LogP contribution < -0.4 is 0 Å². The lowest BCUT2D eigenvalue weighted by molar-refractivity contribution is -0.0506. The van der Waals surface area contributed by atoms with Crippen LogP contribution in [0.15, 0.2) is 4.52 Å². The van der Waals surface area contributed by atoms with Crippen LogP contribution in [0.5, 0.6) is 0 Å². The van der Waals surface area contributed by atoms with E-state index in [0.717, 1.165) is 44.2 Å². The Morgan fingerprint density at radius 3 is 2.75 bits per heavy atom. The minimum absolute atomic E-state index is 0.353. The van der Waals surface area contributed by atoms with E-state index in [0.29, 0.717) is 18.2 Å². The maximum Gasteiger partial charge on any atom is 0.138 e. The molecule has 112 valence electrons. The average Bonchev–Trinajstić information content (AvgIpc) is 2.98. The molecule has 0 saturated carbocycles. The molecule has 0 bridgehead atoms. The lowest BCUT2D eigenvalue weighted by Crippen LogP contribution is -2.50. The Morgan fingerprint density at radius 2 is 2.10 bits per heavy atom. The topological polar surface area (TPSA) is 41.7 Å². The van der Waals surface area contributed by atoms with Gasteiger partial charge < -0.3 is 9.26 Å². The van der Waals surface area contributed by atoms with Crippen LogP contribution in [-0.4, -0.2) is 59.4 Å². The molecule has 1 aromatic rings. The molecule has 2 fully saturated rings. The number of fused-ring (bicyclic) bond motifs is 1. The normalized spacial score (nSPS) is 28.2. The number of ether oxygens (including phenoxy) is 1. The van der Waals surface area contributed by atoms with E-state index < -0.39 is 0 Å². The lowest BCUT2D eigenvalue weighted by atomic mass is 10.1. The monoisotopic (exact) mass is 279 g/mol. The summed E-state index contributed by atoms with van der Waals surface area (Å²) >= 11 is 0. The highest BCUT2D eigenvalue weighted by Crippen LogP contribution is 2.27. The Labute approximate surface area is 120 Å². The van der Waals surface area contributed by atoms with Crippen molar-refractivity contribution in [3.8, 4) is 0 Å².